The Kier molecular flexibility index (Phi) is 6.43. The van der Waals surface area contributed by atoms with Crippen molar-refractivity contribution in [2.24, 2.45) is 0 Å². The molecule has 32 heavy (non-hydrogen) atoms. The zero-order chi connectivity index (χ0) is 22.7. The zero-order valence-electron chi connectivity index (χ0n) is 17.8. The Morgan fingerprint density at radius 2 is 2.00 bits per heavy atom. The highest BCUT2D eigenvalue weighted by Gasteiger charge is 2.35. The number of halogens is 1. The number of allylic oxidation sites excluding steroid dienone is 1. The number of aliphatic hydroxyl groups is 1. The van der Waals surface area contributed by atoms with Crippen LogP contribution < -0.4 is 15.4 Å². The third-order valence-electron chi connectivity index (χ3n) is 5.24. The van der Waals surface area contributed by atoms with Crippen LogP contribution in [-0.2, 0) is 11.2 Å². The lowest BCUT2D eigenvalue weighted by Gasteiger charge is -2.29. The molecule has 0 saturated heterocycles. The van der Waals surface area contributed by atoms with Crippen LogP contribution in [0.2, 0.25) is 5.02 Å². The predicted molar refractivity (Wildman–Crippen MR) is 123 cm³/mol. The van der Waals surface area contributed by atoms with Gasteiger partial charge in [0.05, 0.1) is 12.7 Å². The lowest BCUT2D eigenvalue weighted by atomic mass is 9.94. The summed E-state index contributed by atoms with van der Waals surface area (Å²) < 4.78 is 7.30. The largest absolute Gasteiger partial charge is 0.496 e. The summed E-state index contributed by atoms with van der Waals surface area (Å²) in [4.78, 5) is 18.0. The molecule has 8 nitrogen and oxygen atoms in total. The average molecular weight is 454 g/mol. The summed E-state index contributed by atoms with van der Waals surface area (Å²) in [6, 6.07) is 13.9. The number of aromatic nitrogens is 3. The highest BCUT2D eigenvalue weighted by atomic mass is 35.5. The summed E-state index contributed by atoms with van der Waals surface area (Å²) in [6.45, 7) is 1.89. The molecule has 1 atom stereocenters. The Balaban J connectivity index is 1.78. The van der Waals surface area contributed by atoms with E-state index in [2.05, 4.69) is 20.7 Å². The van der Waals surface area contributed by atoms with E-state index in [1.165, 1.54) is 0 Å². The average Bonchev–Trinajstić information content (AvgIpc) is 3.20. The molecule has 2 aromatic carbocycles. The number of benzene rings is 2. The fraction of sp³-hybridized carbons (Fsp3) is 0.261. The minimum Gasteiger partial charge on any atom is -0.496 e. The van der Waals surface area contributed by atoms with Crippen molar-refractivity contribution in [1.82, 2.24) is 14.8 Å². The van der Waals surface area contributed by atoms with E-state index >= 15 is 0 Å². The maximum atomic E-state index is 13.5. The van der Waals surface area contributed by atoms with E-state index in [1.54, 1.807) is 36.1 Å². The summed E-state index contributed by atoms with van der Waals surface area (Å²) in [6.07, 6.45) is 1.08. The van der Waals surface area contributed by atoms with Crippen LogP contribution in [0.15, 0.2) is 59.8 Å². The number of rotatable bonds is 7. The van der Waals surface area contributed by atoms with E-state index in [1.807, 2.05) is 31.2 Å². The Morgan fingerprint density at radius 3 is 2.72 bits per heavy atom. The first-order valence-electron chi connectivity index (χ1n) is 10.3. The van der Waals surface area contributed by atoms with Gasteiger partial charge >= 0.3 is 0 Å². The minimum atomic E-state index is -0.551. The molecular formula is C23H24ClN5O3. The van der Waals surface area contributed by atoms with Crippen molar-refractivity contribution < 1.29 is 14.6 Å². The third kappa shape index (κ3) is 4.32. The van der Waals surface area contributed by atoms with Gasteiger partial charge in [-0.25, -0.2) is 4.68 Å². The topological polar surface area (TPSA) is 101 Å². The summed E-state index contributed by atoms with van der Waals surface area (Å²) >= 11 is 5.97. The molecule has 3 aromatic rings. The van der Waals surface area contributed by atoms with Crippen LogP contribution in [0.4, 0.5) is 11.6 Å². The number of amides is 1. The second-order valence-corrected chi connectivity index (χ2v) is 7.83. The highest BCUT2D eigenvalue weighted by Crippen LogP contribution is 2.39. The fourth-order valence-electron chi connectivity index (χ4n) is 3.74. The molecule has 1 aliphatic heterocycles. The van der Waals surface area contributed by atoms with Gasteiger partial charge in [-0.15, -0.1) is 0 Å². The number of aryl methyl sites for hydroxylation is 1. The van der Waals surface area contributed by atoms with Crippen molar-refractivity contribution in [2.75, 3.05) is 24.4 Å². The van der Waals surface area contributed by atoms with Crippen LogP contribution in [0, 0.1) is 0 Å². The molecule has 0 fully saturated rings. The van der Waals surface area contributed by atoms with Crippen LogP contribution in [0.1, 0.15) is 30.8 Å². The number of anilines is 2. The van der Waals surface area contributed by atoms with Gasteiger partial charge in [0.15, 0.2) is 5.82 Å². The number of hydrogen-bond acceptors (Lipinski definition) is 6. The quantitative estimate of drug-likeness (QED) is 0.503. The van der Waals surface area contributed by atoms with E-state index in [-0.39, 0.29) is 12.5 Å². The lowest BCUT2D eigenvalue weighted by Crippen LogP contribution is -2.31. The second-order valence-electron chi connectivity index (χ2n) is 7.39. The number of carbonyl (C=O) groups excluding carboxylic acids is 1. The highest BCUT2D eigenvalue weighted by molar-refractivity contribution is 6.30. The summed E-state index contributed by atoms with van der Waals surface area (Å²) in [5, 5.41) is 20.6. The van der Waals surface area contributed by atoms with Crippen LogP contribution in [0.3, 0.4) is 0 Å². The van der Waals surface area contributed by atoms with Gasteiger partial charge in [-0.2, -0.15) is 10.1 Å². The number of aliphatic hydroxyl groups excluding tert-OH is 1. The van der Waals surface area contributed by atoms with Crippen molar-refractivity contribution in [3.8, 4) is 5.75 Å². The number of fused-ring (bicyclic) bond motifs is 1. The molecular weight excluding hydrogens is 430 g/mol. The molecule has 0 aliphatic carbocycles. The molecule has 0 bridgehead atoms. The Morgan fingerprint density at radius 1 is 1.25 bits per heavy atom. The molecule has 0 radical (unpaired) electrons. The fourth-order valence-corrected chi connectivity index (χ4v) is 3.87. The predicted octanol–water partition coefficient (Wildman–Crippen LogP) is 3.79. The smallest absolute Gasteiger partial charge is 0.255 e. The van der Waals surface area contributed by atoms with Gasteiger partial charge in [-0.1, -0.05) is 29.8 Å². The summed E-state index contributed by atoms with van der Waals surface area (Å²) in [5.74, 6) is 1.50. The van der Waals surface area contributed by atoms with Crippen molar-refractivity contribution in [3.63, 3.8) is 0 Å². The first kappa shape index (κ1) is 21.9. The first-order valence-corrected chi connectivity index (χ1v) is 10.6. The molecule has 0 unspecified atom stereocenters. The van der Waals surface area contributed by atoms with E-state index in [9.17, 15) is 9.90 Å². The van der Waals surface area contributed by atoms with E-state index in [0.717, 1.165) is 5.56 Å². The number of hydrogen-bond donors (Lipinski definition) is 3. The number of ether oxygens (including phenoxy) is 1. The van der Waals surface area contributed by atoms with Gasteiger partial charge in [0.25, 0.3) is 5.91 Å². The molecule has 1 amide bonds. The molecule has 9 heteroatoms. The van der Waals surface area contributed by atoms with Crippen LogP contribution in [-0.4, -0.2) is 39.5 Å². The Labute approximate surface area is 190 Å². The zero-order valence-corrected chi connectivity index (χ0v) is 18.6. The van der Waals surface area contributed by atoms with Crippen molar-refractivity contribution in [3.05, 3.63) is 76.2 Å². The number of methoxy groups -OCH3 is 1. The van der Waals surface area contributed by atoms with Gasteiger partial charge in [0.2, 0.25) is 5.95 Å². The number of nitrogens with one attached hydrogen (secondary N) is 2. The molecule has 2 heterocycles. The Bertz CT molecular complexity index is 1160. The minimum absolute atomic E-state index is 0.0548. The summed E-state index contributed by atoms with van der Waals surface area (Å²) in [5.41, 5.74) is 2.58. The van der Waals surface area contributed by atoms with E-state index in [0.29, 0.717) is 52.3 Å². The van der Waals surface area contributed by atoms with Crippen molar-refractivity contribution in [2.45, 2.75) is 25.8 Å². The molecule has 166 valence electrons. The standard InChI is InChI=1S/C23H24ClN5O3/c1-14-20(22(31)26-16-11-9-15(24)10-12-16)21(17-6-3-4-7-18(17)32-2)29-23(25-14)27-19(28-29)8-5-13-30/h3-4,6-7,9-12,21,30H,5,8,13H2,1-2H3,(H,26,31)(H,25,27,28)/t21-/m1/s1. The Hall–Kier alpha value is -3.36. The van der Waals surface area contributed by atoms with Gasteiger partial charge in [-0.05, 0) is 43.7 Å². The van der Waals surface area contributed by atoms with Gasteiger partial charge < -0.3 is 20.5 Å². The molecule has 0 spiro atoms. The van der Waals surface area contributed by atoms with Crippen LogP contribution in [0.5, 0.6) is 5.75 Å². The third-order valence-corrected chi connectivity index (χ3v) is 5.49. The molecule has 1 aromatic heterocycles. The molecule has 1 aliphatic rings. The second kappa shape index (κ2) is 9.42. The maximum Gasteiger partial charge on any atom is 0.255 e. The molecule has 4 rings (SSSR count). The van der Waals surface area contributed by atoms with Gasteiger partial charge in [0.1, 0.15) is 11.8 Å². The maximum absolute atomic E-state index is 13.5. The number of carbonyl (C=O) groups is 1. The number of para-hydroxylation sites is 1. The summed E-state index contributed by atoms with van der Waals surface area (Å²) in [7, 11) is 1.60. The lowest BCUT2D eigenvalue weighted by molar-refractivity contribution is -0.113. The normalized spacial score (nSPS) is 15.2. The first-order chi connectivity index (χ1) is 15.5. The SMILES string of the molecule is COc1ccccc1[C@@H]1C(C(=O)Nc2ccc(Cl)cc2)=C(C)Nc2nc(CCCO)nn21. The van der Waals surface area contributed by atoms with Crippen LogP contribution >= 0.6 is 11.6 Å². The van der Waals surface area contributed by atoms with Crippen molar-refractivity contribution in [1.29, 1.82) is 0 Å². The van der Waals surface area contributed by atoms with Gasteiger partial charge in [0, 0.05) is 35.0 Å². The van der Waals surface area contributed by atoms with E-state index in [4.69, 9.17) is 16.3 Å². The van der Waals surface area contributed by atoms with Crippen molar-refractivity contribution >= 4 is 29.1 Å². The van der Waals surface area contributed by atoms with Crippen LogP contribution in [0.25, 0.3) is 0 Å². The number of nitrogens with zero attached hydrogens (tertiary/aromatic N) is 3. The van der Waals surface area contributed by atoms with Gasteiger partial charge in [-0.3, -0.25) is 4.79 Å². The molecule has 3 N–H and O–H groups in total. The molecule has 0 saturated carbocycles. The van der Waals surface area contributed by atoms with E-state index < -0.39 is 6.04 Å². The monoisotopic (exact) mass is 453 g/mol.